The van der Waals surface area contributed by atoms with E-state index in [0.29, 0.717) is 49.1 Å². The van der Waals surface area contributed by atoms with Crippen LogP contribution in [0.25, 0.3) is 22.2 Å². The maximum atomic E-state index is 13.5. The van der Waals surface area contributed by atoms with E-state index in [4.69, 9.17) is 14.0 Å². The molecule has 4 heterocycles. The largest absolute Gasteiger partial charge is 0.573 e. The number of carbonyl (C=O) groups is 1. The van der Waals surface area contributed by atoms with Gasteiger partial charge in [0.1, 0.15) is 17.9 Å². The monoisotopic (exact) mass is 756 g/mol. The van der Waals surface area contributed by atoms with Gasteiger partial charge in [-0.25, -0.2) is 9.97 Å². The number of piperazine rings is 1. The van der Waals surface area contributed by atoms with Crippen LogP contribution < -0.4 is 15.5 Å². The number of carbonyl (C=O) groups excluding carboxylic acids is 1. The van der Waals surface area contributed by atoms with Gasteiger partial charge >= 0.3 is 13.5 Å². The number of hydrogen-bond acceptors (Lipinski definition) is 9. The fourth-order valence-electron chi connectivity index (χ4n) is 6.64. The number of hydrogen-bond donors (Lipinski definition) is 1. The molecule has 2 aromatic heterocycles. The van der Waals surface area contributed by atoms with Crippen molar-refractivity contribution in [2.75, 3.05) is 51.3 Å². The molecule has 0 radical (unpaired) electrons. The summed E-state index contributed by atoms with van der Waals surface area (Å²) in [6, 6.07) is 22.8. The van der Waals surface area contributed by atoms with Crippen molar-refractivity contribution in [1.29, 1.82) is 0 Å². The summed E-state index contributed by atoms with van der Waals surface area (Å²) in [7, 11) is -0.390. The summed E-state index contributed by atoms with van der Waals surface area (Å²) in [4.78, 5) is 26.3. The van der Waals surface area contributed by atoms with Crippen molar-refractivity contribution in [2.24, 2.45) is 0 Å². The Hall–Kier alpha value is -4.96. The number of anilines is 2. The van der Waals surface area contributed by atoms with E-state index in [9.17, 15) is 18.0 Å². The molecule has 2 saturated heterocycles. The molecule has 2 aliphatic heterocycles. The molecule has 0 atom stereocenters. The number of aromatic nitrogens is 3. The van der Waals surface area contributed by atoms with Crippen molar-refractivity contribution < 1.29 is 36.7 Å². The number of ether oxygens (including phenoxy) is 2. The molecule has 5 aromatic rings. The number of nitrogens with zero attached hydrogens (tertiary/aromatic N) is 5. The third-order valence-corrected chi connectivity index (χ3v) is 10.4. The molecule has 0 saturated carbocycles. The maximum absolute atomic E-state index is 13.5. The summed E-state index contributed by atoms with van der Waals surface area (Å²) >= 11 is 0. The first-order valence-electron chi connectivity index (χ1n) is 18.3. The SMILES string of the molecule is CC1(C)OB(c2ccc3c(ccn3CCOCCN3CCN(C(=O)c4cccc(-c5cc(Nc6ccc(OC(F)(F)F)cc6)ncn5)c4)CC3)c2)OC1(C)C. The summed E-state index contributed by atoms with van der Waals surface area (Å²) in [5, 5.41) is 4.19. The fourth-order valence-corrected chi connectivity index (χ4v) is 6.64. The van der Waals surface area contributed by atoms with Crippen LogP contribution in [0.4, 0.5) is 24.7 Å². The van der Waals surface area contributed by atoms with E-state index >= 15 is 0 Å². The number of amides is 1. The molecule has 7 rings (SSSR count). The van der Waals surface area contributed by atoms with E-state index in [1.165, 1.54) is 30.6 Å². The Kier molecular flexibility index (Phi) is 10.9. The second-order valence-corrected chi connectivity index (χ2v) is 14.7. The lowest BCUT2D eigenvalue weighted by molar-refractivity contribution is -0.274. The number of rotatable bonds is 12. The van der Waals surface area contributed by atoms with Crippen molar-refractivity contribution in [3.8, 4) is 17.0 Å². The molecule has 0 spiro atoms. The van der Waals surface area contributed by atoms with E-state index in [-0.39, 0.29) is 22.9 Å². The minimum atomic E-state index is -4.76. The molecule has 0 bridgehead atoms. The van der Waals surface area contributed by atoms with Crippen molar-refractivity contribution in [3.05, 3.63) is 97.0 Å². The molecule has 0 aliphatic carbocycles. The third kappa shape index (κ3) is 9.13. The lowest BCUT2D eigenvalue weighted by atomic mass is 9.79. The second-order valence-electron chi connectivity index (χ2n) is 14.7. The van der Waals surface area contributed by atoms with Crippen LogP contribution in [-0.4, -0.2) is 101 Å². The molecule has 55 heavy (non-hydrogen) atoms. The Morgan fingerprint density at radius 2 is 1.60 bits per heavy atom. The number of fused-ring (bicyclic) bond motifs is 1. The van der Waals surface area contributed by atoms with Gasteiger partial charge in [0, 0.05) is 73.9 Å². The highest BCUT2D eigenvalue weighted by atomic mass is 19.4. The van der Waals surface area contributed by atoms with Gasteiger partial charge in [0.05, 0.1) is 30.1 Å². The highest BCUT2D eigenvalue weighted by Crippen LogP contribution is 2.36. The highest BCUT2D eigenvalue weighted by Gasteiger charge is 2.51. The van der Waals surface area contributed by atoms with Gasteiger partial charge < -0.3 is 33.6 Å². The van der Waals surface area contributed by atoms with E-state index in [1.807, 2.05) is 23.1 Å². The van der Waals surface area contributed by atoms with Crippen LogP contribution in [-0.2, 0) is 20.6 Å². The van der Waals surface area contributed by atoms with Crippen molar-refractivity contribution >= 4 is 40.9 Å². The zero-order valence-electron chi connectivity index (χ0n) is 31.3. The average Bonchev–Trinajstić information content (AvgIpc) is 3.66. The van der Waals surface area contributed by atoms with Gasteiger partial charge in [-0.15, -0.1) is 13.2 Å². The Balaban J connectivity index is 0.850. The smallest absolute Gasteiger partial charge is 0.406 e. The zero-order chi connectivity index (χ0) is 38.8. The predicted octanol–water partition coefficient (Wildman–Crippen LogP) is 6.51. The van der Waals surface area contributed by atoms with Crippen LogP contribution in [0.1, 0.15) is 38.1 Å². The number of benzene rings is 3. The molecular formula is C40H44BF3N6O5. The Bertz CT molecular complexity index is 2100. The summed E-state index contributed by atoms with van der Waals surface area (Å²) in [5.74, 6) is 0.0772. The molecule has 11 nitrogen and oxygen atoms in total. The van der Waals surface area contributed by atoms with Crippen molar-refractivity contribution in [1.82, 2.24) is 24.3 Å². The maximum Gasteiger partial charge on any atom is 0.573 e. The lowest BCUT2D eigenvalue weighted by Crippen LogP contribution is -2.49. The van der Waals surface area contributed by atoms with Gasteiger partial charge in [-0.1, -0.05) is 24.3 Å². The summed E-state index contributed by atoms with van der Waals surface area (Å²) in [6.45, 7) is 13.7. The van der Waals surface area contributed by atoms with Crippen LogP contribution in [0.2, 0.25) is 0 Å². The van der Waals surface area contributed by atoms with E-state index in [2.05, 4.69) is 87.6 Å². The fraction of sp³-hybridized carbons (Fsp3) is 0.375. The molecule has 2 aliphatic rings. The van der Waals surface area contributed by atoms with Crippen LogP contribution in [0.15, 0.2) is 91.4 Å². The molecule has 15 heteroatoms. The van der Waals surface area contributed by atoms with Crippen molar-refractivity contribution in [2.45, 2.75) is 51.8 Å². The number of halogens is 3. The van der Waals surface area contributed by atoms with Gasteiger partial charge in [-0.3, -0.25) is 9.69 Å². The predicted molar refractivity (Wildman–Crippen MR) is 205 cm³/mol. The molecule has 1 amide bonds. The average molecular weight is 757 g/mol. The zero-order valence-corrected chi connectivity index (χ0v) is 31.3. The van der Waals surface area contributed by atoms with Gasteiger partial charge in [0.25, 0.3) is 5.91 Å². The van der Waals surface area contributed by atoms with Gasteiger partial charge in [-0.2, -0.15) is 0 Å². The number of alkyl halides is 3. The minimum absolute atomic E-state index is 0.0478. The molecule has 2 fully saturated rings. The molecule has 0 unspecified atom stereocenters. The molecule has 1 N–H and O–H groups in total. The summed E-state index contributed by atoms with van der Waals surface area (Å²) in [6.07, 6.45) is -1.29. The number of nitrogens with one attached hydrogen (secondary N) is 1. The second kappa shape index (κ2) is 15.7. The minimum Gasteiger partial charge on any atom is -0.406 e. The van der Waals surface area contributed by atoms with Gasteiger partial charge in [0.15, 0.2) is 0 Å². The molecular weight excluding hydrogens is 712 g/mol. The van der Waals surface area contributed by atoms with Crippen LogP contribution in [0.3, 0.4) is 0 Å². The van der Waals surface area contributed by atoms with Crippen LogP contribution in [0.5, 0.6) is 5.75 Å². The Morgan fingerprint density at radius 1 is 0.873 bits per heavy atom. The first kappa shape index (κ1) is 38.3. The first-order chi connectivity index (χ1) is 26.2. The molecule has 3 aromatic carbocycles. The standard InChI is InChI=1S/C40H44BF3N6O5/c1-38(2)39(3,4)55-41(54-38)31-8-13-35-29(25-31)14-15-49(35)21-23-52-22-20-48-16-18-50(19-17-48)37(51)30-7-5-6-28(24-30)34-26-36(46-27-45-34)47-32-9-11-33(12-10-32)53-40(42,43)44/h5-15,24-27H,16-23H2,1-4H3,(H,45,46,47). The van der Waals surface area contributed by atoms with E-state index < -0.39 is 13.5 Å². The Morgan fingerprint density at radius 3 is 2.33 bits per heavy atom. The first-order valence-corrected chi connectivity index (χ1v) is 18.3. The highest BCUT2D eigenvalue weighted by molar-refractivity contribution is 6.62. The van der Waals surface area contributed by atoms with Crippen LogP contribution >= 0.6 is 0 Å². The van der Waals surface area contributed by atoms with E-state index in [1.54, 1.807) is 12.1 Å². The third-order valence-electron chi connectivity index (χ3n) is 10.4. The Labute approximate surface area is 318 Å². The quantitative estimate of drug-likeness (QED) is 0.113. The lowest BCUT2D eigenvalue weighted by Gasteiger charge is -2.34. The van der Waals surface area contributed by atoms with Gasteiger partial charge in [0.2, 0.25) is 0 Å². The van der Waals surface area contributed by atoms with Crippen LogP contribution in [0, 0.1) is 0 Å². The van der Waals surface area contributed by atoms with Crippen molar-refractivity contribution in [3.63, 3.8) is 0 Å². The normalized spacial score (nSPS) is 17.1. The van der Waals surface area contributed by atoms with E-state index in [0.717, 1.165) is 48.1 Å². The molecule has 288 valence electrons. The topological polar surface area (TPSA) is 103 Å². The van der Waals surface area contributed by atoms with Gasteiger partial charge in [-0.05, 0) is 87.1 Å². The summed E-state index contributed by atoms with van der Waals surface area (Å²) in [5.41, 5.74) is 3.79. The summed E-state index contributed by atoms with van der Waals surface area (Å²) < 4.78 is 62.1.